The van der Waals surface area contributed by atoms with Crippen LogP contribution in [0.3, 0.4) is 0 Å². The number of likely N-dealkylation sites (N-methyl/N-ethyl adjacent to an activating group) is 1. The maximum Gasteiger partial charge on any atom is 0.127 e. The van der Waals surface area contributed by atoms with Crippen molar-refractivity contribution >= 4 is 0 Å². The molecule has 108 valence electrons. The van der Waals surface area contributed by atoms with E-state index in [9.17, 15) is 4.39 Å². The summed E-state index contributed by atoms with van der Waals surface area (Å²) in [5.41, 5.74) is 0.766. The van der Waals surface area contributed by atoms with Gasteiger partial charge in [-0.05, 0) is 39.4 Å². The highest BCUT2D eigenvalue weighted by atomic mass is 19.1. The molecule has 19 heavy (non-hydrogen) atoms. The Kier molecular flexibility index (Phi) is 7.03. The molecule has 0 aliphatic heterocycles. The summed E-state index contributed by atoms with van der Waals surface area (Å²) in [6, 6.07) is 7.86. The molecule has 2 atom stereocenters. The van der Waals surface area contributed by atoms with E-state index in [2.05, 4.69) is 38.0 Å². The first kappa shape index (κ1) is 16.1. The Bertz CT molecular complexity index is 368. The molecule has 1 aromatic rings. The topological polar surface area (TPSA) is 15.3 Å². The van der Waals surface area contributed by atoms with E-state index in [1.807, 2.05) is 12.1 Å². The van der Waals surface area contributed by atoms with E-state index in [1.165, 1.54) is 6.07 Å². The number of nitrogens with one attached hydrogen (secondary N) is 1. The second-order valence-corrected chi connectivity index (χ2v) is 5.22. The molecule has 1 N–H and O–H groups in total. The second kappa shape index (κ2) is 8.28. The Balaban J connectivity index is 2.60. The number of hydrogen-bond acceptors (Lipinski definition) is 2. The summed E-state index contributed by atoms with van der Waals surface area (Å²) < 4.78 is 13.7. The lowest BCUT2D eigenvalue weighted by Gasteiger charge is -2.32. The van der Waals surface area contributed by atoms with Crippen LogP contribution in [0, 0.1) is 5.82 Å². The quantitative estimate of drug-likeness (QED) is 0.775. The average Bonchev–Trinajstić information content (AvgIpc) is 2.42. The van der Waals surface area contributed by atoms with Gasteiger partial charge >= 0.3 is 0 Å². The Hall–Kier alpha value is -0.930. The summed E-state index contributed by atoms with van der Waals surface area (Å²) in [5, 5.41) is 3.56. The van der Waals surface area contributed by atoms with E-state index in [1.54, 1.807) is 6.07 Å². The zero-order chi connectivity index (χ0) is 14.3. The number of benzene rings is 1. The summed E-state index contributed by atoms with van der Waals surface area (Å²) >= 11 is 0. The third kappa shape index (κ3) is 4.92. The van der Waals surface area contributed by atoms with Crippen LogP contribution in [-0.2, 0) is 6.54 Å². The average molecular weight is 266 g/mol. The number of nitrogens with zero attached hydrogens (tertiary/aromatic N) is 1. The molecule has 0 heterocycles. The van der Waals surface area contributed by atoms with Gasteiger partial charge in [0.25, 0.3) is 0 Å². The van der Waals surface area contributed by atoms with Crippen LogP contribution in [0.5, 0.6) is 0 Å². The molecule has 0 bridgehead atoms. The third-order valence-electron chi connectivity index (χ3n) is 3.75. The monoisotopic (exact) mass is 266 g/mol. The minimum Gasteiger partial charge on any atom is -0.312 e. The molecule has 2 nitrogen and oxygen atoms in total. The maximum atomic E-state index is 13.7. The van der Waals surface area contributed by atoms with E-state index in [4.69, 9.17) is 0 Å². The Morgan fingerprint density at radius 1 is 1.26 bits per heavy atom. The molecule has 0 radical (unpaired) electrons. The van der Waals surface area contributed by atoms with Gasteiger partial charge < -0.3 is 5.32 Å². The predicted octanol–water partition coefficient (Wildman–Crippen LogP) is 3.42. The van der Waals surface area contributed by atoms with Crippen molar-refractivity contribution in [2.24, 2.45) is 0 Å². The molecule has 1 rings (SSSR count). The van der Waals surface area contributed by atoms with Gasteiger partial charge in [0.1, 0.15) is 5.82 Å². The first-order valence-corrected chi connectivity index (χ1v) is 7.27. The van der Waals surface area contributed by atoms with Gasteiger partial charge in [0.05, 0.1) is 0 Å². The van der Waals surface area contributed by atoms with Crippen molar-refractivity contribution in [3.05, 3.63) is 35.6 Å². The van der Waals surface area contributed by atoms with Crippen LogP contribution >= 0.6 is 0 Å². The summed E-state index contributed by atoms with van der Waals surface area (Å²) in [6.07, 6.45) is 2.23. The van der Waals surface area contributed by atoms with Gasteiger partial charge in [-0.2, -0.15) is 0 Å². The third-order valence-corrected chi connectivity index (χ3v) is 3.75. The van der Waals surface area contributed by atoms with Crippen molar-refractivity contribution in [1.82, 2.24) is 10.2 Å². The first-order chi connectivity index (χ1) is 9.10. The summed E-state index contributed by atoms with van der Waals surface area (Å²) in [5.74, 6) is -0.115. The molecule has 0 amide bonds. The highest BCUT2D eigenvalue weighted by Crippen LogP contribution is 2.13. The molecule has 0 saturated heterocycles. The lowest BCUT2D eigenvalue weighted by atomic mass is 10.0. The van der Waals surface area contributed by atoms with Crippen molar-refractivity contribution in [2.45, 2.75) is 52.2 Å². The van der Waals surface area contributed by atoms with Gasteiger partial charge in [0, 0.05) is 24.2 Å². The largest absolute Gasteiger partial charge is 0.312 e. The lowest BCUT2D eigenvalue weighted by molar-refractivity contribution is 0.193. The highest BCUT2D eigenvalue weighted by Gasteiger charge is 2.19. The molecule has 3 heteroatoms. The Labute approximate surface area is 117 Å². The van der Waals surface area contributed by atoms with E-state index in [-0.39, 0.29) is 5.82 Å². The molecule has 0 aromatic heterocycles. The smallest absolute Gasteiger partial charge is 0.127 e. The number of rotatable bonds is 8. The van der Waals surface area contributed by atoms with Crippen LogP contribution in [0.2, 0.25) is 0 Å². The Morgan fingerprint density at radius 2 is 1.95 bits per heavy atom. The van der Waals surface area contributed by atoms with E-state index < -0.39 is 0 Å². The summed E-state index contributed by atoms with van der Waals surface area (Å²) in [4.78, 5) is 2.22. The molecular weight excluding hydrogens is 239 g/mol. The molecule has 1 aromatic carbocycles. The molecular formula is C16H27FN2. The van der Waals surface area contributed by atoms with Gasteiger partial charge in [-0.1, -0.05) is 32.0 Å². The van der Waals surface area contributed by atoms with Gasteiger partial charge in [-0.3, -0.25) is 4.90 Å². The first-order valence-electron chi connectivity index (χ1n) is 7.27. The molecule has 0 aliphatic carbocycles. The highest BCUT2D eigenvalue weighted by molar-refractivity contribution is 5.17. The summed E-state index contributed by atoms with van der Waals surface area (Å²) in [7, 11) is 2.06. The minimum atomic E-state index is -0.115. The van der Waals surface area contributed by atoms with Crippen molar-refractivity contribution < 1.29 is 4.39 Å². The van der Waals surface area contributed by atoms with Gasteiger partial charge in [-0.25, -0.2) is 4.39 Å². The van der Waals surface area contributed by atoms with Gasteiger partial charge in [0.15, 0.2) is 0 Å². The normalized spacial score (nSPS) is 14.6. The zero-order valence-electron chi connectivity index (χ0n) is 12.6. The predicted molar refractivity (Wildman–Crippen MR) is 79.7 cm³/mol. The minimum absolute atomic E-state index is 0.115. The number of hydrogen-bond donors (Lipinski definition) is 1. The molecule has 0 aliphatic rings. The second-order valence-electron chi connectivity index (χ2n) is 5.22. The SMILES string of the molecule is CCCNC(CC)C(C)N(C)Cc1ccccc1F. The summed E-state index contributed by atoms with van der Waals surface area (Å²) in [6.45, 7) is 8.26. The van der Waals surface area contributed by atoms with Crippen molar-refractivity contribution in [3.8, 4) is 0 Å². The standard InChI is InChI=1S/C16H27FN2/c1-5-11-18-16(6-2)13(3)19(4)12-14-9-7-8-10-15(14)17/h7-10,13,16,18H,5-6,11-12H2,1-4H3. The van der Waals surface area contributed by atoms with Crippen molar-refractivity contribution in [2.75, 3.05) is 13.6 Å². The van der Waals surface area contributed by atoms with Crippen molar-refractivity contribution in [1.29, 1.82) is 0 Å². The lowest BCUT2D eigenvalue weighted by Crippen LogP contribution is -2.46. The van der Waals surface area contributed by atoms with Crippen LogP contribution in [0.4, 0.5) is 4.39 Å². The van der Waals surface area contributed by atoms with E-state index in [0.717, 1.165) is 24.9 Å². The van der Waals surface area contributed by atoms with Crippen LogP contribution in [0.15, 0.2) is 24.3 Å². The van der Waals surface area contributed by atoms with Crippen LogP contribution in [0.1, 0.15) is 39.2 Å². The Morgan fingerprint density at radius 3 is 2.53 bits per heavy atom. The fourth-order valence-electron chi connectivity index (χ4n) is 2.33. The van der Waals surface area contributed by atoms with Crippen molar-refractivity contribution in [3.63, 3.8) is 0 Å². The van der Waals surface area contributed by atoms with Gasteiger partial charge in [-0.15, -0.1) is 0 Å². The van der Waals surface area contributed by atoms with Crippen LogP contribution in [0.25, 0.3) is 0 Å². The number of halogens is 1. The maximum absolute atomic E-state index is 13.7. The van der Waals surface area contributed by atoms with E-state index in [0.29, 0.717) is 18.6 Å². The van der Waals surface area contributed by atoms with Crippen LogP contribution < -0.4 is 5.32 Å². The van der Waals surface area contributed by atoms with E-state index >= 15 is 0 Å². The van der Waals surface area contributed by atoms with Crippen LogP contribution in [-0.4, -0.2) is 30.6 Å². The fraction of sp³-hybridized carbons (Fsp3) is 0.625. The molecule has 2 unspecified atom stereocenters. The molecule has 0 spiro atoms. The zero-order valence-corrected chi connectivity index (χ0v) is 12.6. The molecule has 0 saturated carbocycles. The van der Waals surface area contributed by atoms with Gasteiger partial charge in [0.2, 0.25) is 0 Å². The fourth-order valence-corrected chi connectivity index (χ4v) is 2.33. The molecule has 0 fully saturated rings.